The number of rotatable bonds is 5. The molecule has 12 rings (SSSR count). The maximum atomic E-state index is 5.34. The first kappa shape index (κ1) is 32.0. The Morgan fingerprint density at radius 2 is 0.737 bits per heavy atom. The average molecular weight is 744 g/mol. The van der Waals surface area contributed by atoms with Crippen LogP contribution in [0.25, 0.3) is 109 Å². The molecule has 0 atom stereocenters. The van der Waals surface area contributed by atoms with Crippen molar-refractivity contribution in [2.24, 2.45) is 0 Å². The van der Waals surface area contributed by atoms with Crippen molar-refractivity contribution in [1.29, 1.82) is 0 Å². The van der Waals surface area contributed by atoms with E-state index in [1.807, 2.05) is 11.3 Å². The molecule has 0 fully saturated rings. The third-order valence-electron chi connectivity index (χ3n) is 11.5. The fourth-order valence-electron chi connectivity index (χ4n) is 9.01. The van der Waals surface area contributed by atoms with Gasteiger partial charge < -0.3 is 9.13 Å². The number of aromatic nitrogens is 3. The van der Waals surface area contributed by atoms with Crippen LogP contribution in [0.15, 0.2) is 200 Å². The van der Waals surface area contributed by atoms with E-state index in [2.05, 4.69) is 209 Å². The predicted molar refractivity (Wildman–Crippen MR) is 242 cm³/mol. The number of hydrogen-bond acceptors (Lipinski definition) is 2. The third-order valence-corrected chi connectivity index (χ3v) is 12.7. The molecule has 0 amide bonds. The number of benzene rings is 8. The number of nitrogens with zero attached hydrogens (tertiary/aromatic N) is 3. The summed E-state index contributed by atoms with van der Waals surface area (Å²) in [4.78, 5) is 5.34. The molecule has 0 bridgehead atoms. The van der Waals surface area contributed by atoms with Crippen molar-refractivity contribution in [2.75, 3.05) is 0 Å². The zero-order valence-corrected chi connectivity index (χ0v) is 31.6. The maximum absolute atomic E-state index is 5.34. The summed E-state index contributed by atoms with van der Waals surface area (Å²) >= 11 is 1.88. The normalized spacial score (nSPS) is 11.9. The van der Waals surface area contributed by atoms with Gasteiger partial charge in [0.1, 0.15) is 0 Å². The Kier molecular flexibility index (Phi) is 7.10. The first-order valence-electron chi connectivity index (χ1n) is 19.4. The van der Waals surface area contributed by atoms with Gasteiger partial charge in [-0.15, -0.1) is 11.3 Å². The van der Waals surface area contributed by atoms with Crippen LogP contribution in [0.1, 0.15) is 0 Å². The highest BCUT2D eigenvalue weighted by molar-refractivity contribution is 7.26. The summed E-state index contributed by atoms with van der Waals surface area (Å²) in [6, 6.07) is 72.6. The number of thiophene rings is 1. The number of pyridine rings is 1. The summed E-state index contributed by atoms with van der Waals surface area (Å²) in [5.74, 6) is 0. The lowest BCUT2D eigenvalue weighted by molar-refractivity contribution is 1.11. The van der Waals surface area contributed by atoms with Crippen molar-refractivity contribution >= 4 is 75.1 Å². The molecule has 0 radical (unpaired) electrons. The molecule has 0 spiro atoms. The average Bonchev–Trinajstić information content (AvgIpc) is 3.94. The van der Waals surface area contributed by atoms with Crippen LogP contribution in [-0.4, -0.2) is 14.1 Å². The number of fused-ring (bicyclic) bond motifs is 9. The van der Waals surface area contributed by atoms with Crippen LogP contribution in [0.5, 0.6) is 0 Å². The highest BCUT2D eigenvalue weighted by Gasteiger charge is 2.27. The molecular formula is C53H33N3S. The first-order chi connectivity index (χ1) is 28.3. The van der Waals surface area contributed by atoms with Crippen LogP contribution in [-0.2, 0) is 0 Å². The van der Waals surface area contributed by atoms with Gasteiger partial charge in [0.05, 0.1) is 49.5 Å². The minimum absolute atomic E-state index is 0.939. The quantitative estimate of drug-likeness (QED) is 0.172. The van der Waals surface area contributed by atoms with Crippen LogP contribution in [0.2, 0.25) is 0 Å². The molecule has 0 unspecified atom stereocenters. The number of hydrogen-bond donors (Lipinski definition) is 0. The van der Waals surface area contributed by atoms with Gasteiger partial charge in [-0.05, 0) is 54.1 Å². The van der Waals surface area contributed by atoms with Crippen LogP contribution in [0.4, 0.5) is 0 Å². The van der Waals surface area contributed by atoms with Gasteiger partial charge in [0.2, 0.25) is 0 Å². The minimum atomic E-state index is 0.939. The van der Waals surface area contributed by atoms with E-state index in [0.717, 1.165) is 39.3 Å². The Labute approximate surface area is 333 Å². The highest BCUT2D eigenvalue weighted by Crippen LogP contribution is 2.49. The smallest absolute Gasteiger partial charge is 0.0890 e. The summed E-state index contributed by atoms with van der Waals surface area (Å²) in [6.07, 6.45) is 0. The van der Waals surface area contributed by atoms with Gasteiger partial charge >= 0.3 is 0 Å². The van der Waals surface area contributed by atoms with Gasteiger partial charge in [0, 0.05) is 53.7 Å². The molecule has 4 aromatic heterocycles. The van der Waals surface area contributed by atoms with Crippen molar-refractivity contribution in [2.45, 2.75) is 0 Å². The van der Waals surface area contributed by atoms with E-state index in [0.29, 0.717) is 0 Å². The monoisotopic (exact) mass is 743 g/mol. The molecule has 0 aliphatic rings. The molecule has 0 aliphatic carbocycles. The lowest BCUT2D eigenvalue weighted by atomic mass is 9.95. The third kappa shape index (κ3) is 4.88. The summed E-state index contributed by atoms with van der Waals surface area (Å²) in [7, 11) is 0. The molecule has 8 aromatic carbocycles. The second kappa shape index (κ2) is 12.6. The van der Waals surface area contributed by atoms with Gasteiger partial charge in [0.15, 0.2) is 0 Å². The van der Waals surface area contributed by atoms with Gasteiger partial charge in [-0.25, -0.2) is 4.98 Å². The molecule has 4 heterocycles. The second-order valence-corrected chi connectivity index (χ2v) is 15.7. The Hall–Kier alpha value is -7.27. The van der Waals surface area contributed by atoms with Crippen molar-refractivity contribution in [3.63, 3.8) is 0 Å². The van der Waals surface area contributed by atoms with Crippen molar-refractivity contribution in [1.82, 2.24) is 14.1 Å². The summed E-state index contributed by atoms with van der Waals surface area (Å²) in [5.41, 5.74) is 13.3. The zero-order chi connectivity index (χ0) is 37.5. The Balaban J connectivity index is 1.34. The molecule has 0 saturated heterocycles. The molecule has 0 N–H and O–H groups in total. The topological polar surface area (TPSA) is 22.8 Å². The molecule has 57 heavy (non-hydrogen) atoms. The molecule has 12 aromatic rings. The Bertz CT molecular complexity index is 3350. The summed E-state index contributed by atoms with van der Waals surface area (Å²) in [5, 5.41) is 7.44. The summed E-state index contributed by atoms with van der Waals surface area (Å²) < 4.78 is 7.60. The number of para-hydroxylation sites is 4. The van der Waals surface area contributed by atoms with Crippen LogP contribution in [0.3, 0.4) is 0 Å². The SMILES string of the molecule is c1ccc(-c2cc(-c3cc4c(sc5ccccc54)c(-n4c5ccccc5c5ccccc54)c3-n3c4ccccc4c4ccccc43)cc(-c3ccccc3)n2)cc1. The second-order valence-electron chi connectivity index (χ2n) is 14.7. The van der Waals surface area contributed by atoms with Gasteiger partial charge in [-0.2, -0.15) is 0 Å². The fraction of sp³-hybridized carbons (Fsp3) is 0. The standard InChI is InChI=1S/C53H33N3S/c1-3-17-34(18-4-1)44-31-36(32-45(54-44)35-19-5-2-6-20-35)42-33-43-41-25-11-16-30-50(41)57-53(43)52(56-48-28-14-9-23-39(48)40-24-10-15-29-49(40)56)51(42)55-46-26-12-7-21-37(46)38-22-8-13-27-47(38)55/h1-33H. The van der Waals surface area contributed by atoms with Gasteiger partial charge in [-0.1, -0.05) is 152 Å². The molecule has 0 aliphatic heterocycles. The van der Waals surface area contributed by atoms with Crippen molar-refractivity contribution in [3.8, 4) is 45.0 Å². The van der Waals surface area contributed by atoms with E-state index in [-0.39, 0.29) is 0 Å². The van der Waals surface area contributed by atoms with Crippen molar-refractivity contribution < 1.29 is 0 Å². The first-order valence-corrected chi connectivity index (χ1v) is 20.2. The Morgan fingerprint density at radius 3 is 1.23 bits per heavy atom. The van der Waals surface area contributed by atoms with E-state index in [4.69, 9.17) is 4.98 Å². The molecular weight excluding hydrogens is 711 g/mol. The Morgan fingerprint density at radius 1 is 0.333 bits per heavy atom. The van der Waals surface area contributed by atoms with E-state index in [1.165, 1.54) is 69.5 Å². The lowest BCUT2D eigenvalue weighted by Gasteiger charge is -2.22. The fourth-order valence-corrected chi connectivity index (χ4v) is 10.2. The van der Waals surface area contributed by atoms with E-state index < -0.39 is 0 Å². The van der Waals surface area contributed by atoms with Crippen LogP contribution in [0, 0.1) is 0 Å². The zero-order valence-electron chi connectivity index (χ0n) is 30.8. The van der Waals surface area contributed by atoms with E-state index >= 15 is 0 Å². The van der Waals surface area contributed by atoms with Crippen LogP contribution >= 0.6 is 11.3 Å². The van der Waals surface area contributed by atoms with Gasteiger partial charge in [0.25, 0.3) is 0 Å². The lowest BCUT2D eigenvalue weighted by Crippen LogP contribution is -2.06. The molecule has 3 nitrogen and oxygen atoms in total. The summed E-state index contributed by atoms with van der Waals surface area (Å²) in [6.45, 7) is 0. The van der Waals surface area contributed by atoms with E-state index in [1.54, 1.807) is 0 Å². The van der Waals surface area contributed by atoms with E-state index in [9.17, 15) is 0 Å². The minimum Gasteiger partial charge on any atom is -0.307 e. The van der Waals surface area contributed by atoms with Crippen LogP contribution < -0.4 is 0 Å². The predicted octanol–water partition coefficient (Wildman–Crippen LogP) is 14.6. The van der Waals surface area contributed by atoms with Crippen molar-refractivity contribution in [3.05, 3.63) is 200 Å². The molecule has 266 valence electrons. The molecule has 0 saturated carbocycles. The molecule has 4 heteroatoms. The highest BCUT2D eigenvalue weighted by atomic mass is 32.1. The largest absolute Gasteiger partial charge is 0.307 e. The van der Waals surface area contributed by atoms with Gasteiger partial charge in [-0.3, -0.25) is 0 Å². The maximum Gasteiger partial charge on any atom is 0.0890 e.